The fraction of sp³-hybridized carbons (Fsp3) is 0.0833. The summed E-state index contributed by atoms with van der Waals surface area (Å²) in [6.45, 7) is 0.199. The van der Waals surface area contributed by atoms with Crippen LogP contribution in [0.2, 0.25) is 5.02 Å². The molecule has 1 N–H and O–H groups in total. The fourth-order valence-electron chi connectivity index (χ4n) is 3.63. The number of hydrogen-bond donors (Lipinski definition) is 1. The Hall–Kier alpha value is -4.25. The number of amides is 1. The van der Waals surface area contributed by atoms with Crippen molar-refractivity contribution >= 4 is 29.0 Å². The molecular weight excluding hydrogens is 500 g/mol. The van der Waals surface area contributed by atoms with Crippen molar-refractivity contribution in [1.29, 1.82) is 0 Å². The summed E-state index contributed by atoms with van der Waals surface area (Å²) in [5.41, 5.74) is 0.413. The highest BCUT2D eigenvalue weighted by Gasteiger charge is 2.23. The lowest BCUT2D eigenvalue weighted by molar-refractivity contribution is 0.102. The van der Waals surface area contributed by atoms with E-state index in [4.69, 9.17) is 11.6 Å². The lowest BCUT2D eigenvalue weighted by Crippen LogP contribution is -2.14. The molecule has 0 bridgehead atoms. The quantitative estimate of drug-likeness (QED) is 0.292. The molecule has 3 heterocycles. The van der Waals surface area contributed by atoms with E-state index in [0.29, 0.717) is 11.1 Å². The lowest BCUT2D eigenvalue weighted by atomic mass is 10.1. The number of fused-ring (bicyclic) bond motifs is 1. The summed E-state index contributed by atoms with van der Waals surface area (Å²) >= 11 is 6.21. The minimum absolute atomic E-state index is 0.0150. The molecule has 5 aromatic rings. The number of carbonyl (C=O) groups is 1. The summed E-state index contributed by atoms with van der Waals surface area (Å²) in [6, 6.07) is 12.2. The Morgan fingerprint density at radius 1 is 1.06 bits per heavy atom. The van der Waals surface area contributed by atoms with Gasteiger partial charge in [-0.2, -0.15) is 10.2 Å². The maximum absolute atomic E-state index is 13.8. The number of carbonyl (C=O) groups excluding carboxylic acids is 1. The van der Waals surface area contributed by atoms with Crippen LogP contribution in [0.1, 0.15) is 28.0 Å². The zero-order valence-corrected chi connectivity index (χ0v) is 18.9. The van der Waals surface area contributed by atoms with Crippen LogP contribution in [0.5, 0.6) is 0 Å². The Balaban J connectivity index is 1.47. The van der Waals surface area contributed by atoms with Crippen molar-refractivity contribution in [2.24, 2.45) is 0 Å². The average Bonchev–Trinajstić information content (AvgIpc) is 3.41. The second-order valence-electron chi connectivity index (χ2n) is 7.77. The first kappa shape index (κ1) is 23.5. The minimum atomic E-state index is -2.92. The normalized spacial score (nSPS) is 11.4. The Morgan fingerprint density at radius 3 is 2.56 bits per heavy atom. The molecular formula is C24H15ClF4N6O. The van der Waals surface area contributed by atoms with Crippen LogP contribution in [0, 0.1) is 11.6 Å². The van der Waals surface area contributed by atoms with E-state index in [1.54, 1.807) is 12.1 Å². The third-order valence-corrected chi connectivity index (χ3v) is 5.57. The van der Waals surface area contributed by atoms with Crippen molar-refractivity contribution in [2.45, 2.75) is 13.0 Å². The van der Waals surface area contributed by atoms with Crippen LogP contribution in [0.3, 0.4) is 0 Å². The molecule has 0 atom stereocenters. The summed E-state index contributed by atoms with van der Waals surface area (Å²) in [7, 11) is 0. The third kappa shape index (κ3) is 4.65. The van der Waals surface area contributed by atoms with Crippen LogP contribution in [0.25, 0.3) is 16.9 Å². The number of halogens is 5. The van der Waals surface area contributed by atoms with Gasteiger partial charge in [0.05, 0.1) is 18.4 Å². The summed E-state index contributed by atoms with van der Waals surface area (Å²) in [6.07, 6.45) is -0.355. The number of benzene rings is 2. The number of nitrogens with one attached hydrogen (secondary N) is 1. The van der Waals surface area contributed by atoms with Crippen LogP contribution in [-0.2, 0) is 6.54 Å². The zero-order valence-electron chi connectivity index (χ0n) is 18.2. The van der Waals surface area contributed by atoms with E-state index in [-0.39, 0.29) is 34.3 Å². The molecule has 0 radical (unpaired) electrons. The maximum Gasteiger partial charge on any atom is 0.280 e. The highest BCUT2D eigenvalue weighted by Crippen LogP contribution is 2.28. The van der Waals surface area contributed by atoms with Crippen LogP contribution in [0.4, 0.5) is 23.4 Å². The van der Waals surface area contributed by atoms with E-state index in [0.717, 1.165) is 16.8 Å². The van der Waals surface area contributed by atoms with Crippen molar-refractivity contribution in [2.75, 3.05) is 5.32 Å². The lowest BCUT2D eigenvalue weighted by Gasteiger charge is -2.08. The Labute approximate surface area is 206 Å². The number of rotatable bonds is 6. The van der Waals surface area contributed by atoms with Gasteiger partial charge in [0.25, 0.3) is 12.3 Å². The highest BCUT2D eigenvalue weighted by atomic mass is 35.5. The average molecular weight is 515 g/mol. The van der Waals surface area contributed by atoms with Crippen molar-refractivity contribution in [3.8, 4) is 11.3 Å². The number of alkyl halides is 2. The molecule has 0 unspecified atom stereocenters. The molecule has 2 aromatic carbocycles. The van der Waals surface area contributed by atoms with Gasteiger partial charge in [0.15, 0.2) is 11.5 Å². The van der Waals surface area contributed by atoms with Crippen molar-refractivity contribution in [3.05, 3.63) is 100 Å². The molecule has 182 valence electrons. The van der Waals surface area contributed by atoms with Gasteiger partial charge in [0, 0.05) is 11.8 Å². The van der Waals surface area contributed by atoms with Gasteiger partial charge in [0.2, 0.25) is 0 Å². The number of hydrogen-bond acceptors (Lipinski definition) is 4. The minimum Gasteiger partial charge on any atom is -0.304 e. The molecule has 36 heavy (non-hydrogen) atoms. The van der Waals surface area contributed by atoms with Gasteiger partial charge in [-0.15, -0.1) is 0 Å². The molecule has 7 nitrogen and oxygen atoms in total. The number of nitrogens with zero attached hydrogens (tertiary/aromatic N) is 5. The van der Waals surface area contributed by atoms with E-state index >= 15 is 0 Å². The fourth-order valence-corrected chi connectivity index (χ4v) is 3.83. The molecule has 0 saturated heterocycles. The molecule has 1 amide bonds. The second-order valence-corrected chi connectivity index (χ2v) is 8.18. The maximum atomic E-state index is 13.8. The van der Waals surface area contributed by atoms with Gasteiger partial charge >= 0.3 is 0 Å². The summed E-state index contributed by atoms with van der Waals surface area (Å²) < 4.78 is 56.6. The summed E-state index contributed by atoms with van der Waals surface area (Å²) in [5, 5.41) is 10.8. The van der Waals surface area contributed by atoms with Gasteiger partial charge in [-0.1, -0.05) is 23.7 Å². The molecule has 0 saturated carbocycles. The summed E-state index contributed by atoms with van der Waals surface area (Å²) in [4.78, 5) is 17.4. The molecule has 0 aliphatic rings. The topological polar surface area (TPSA) is 77.1 Å². The first-order valence-corrected chi connectivity index (χ1v) is 10.9. The predicted molar refractivity (Wildman–Crippen MR) is 124 cm³/mol. The first-order valence-electron chi connectivity index (χ1n) is 10.5. The van der Waals surface area contributed by atoms with Crippen LogP contribution in [-0.4, -0.2) is 30.3 Å². The Bertz CT molecular complexity index is 1580. The summed E-state index contributed by atoms with van der Waals surface area (Å²) in [5.74, 6) is -1.61. The smallest absolute Gasteiger partial charge is 0.280 e. The van der Waals surface area contributed by atoms with E-state index < -0.39 is 29.7 Å². The standard InChI is InChI=1S/C24H15ClF4N6O/c25-18-12-34(11-13-2-1-3-16(27)8-13)33-22(18)32-24(36)17-10-30-35-20(21(28)29)9-19(31-23(17)35)14-4-6-15(26)7-5-14/h1-10,12,21H,11H2,(H,32,33,36). The van der Waals surface area contributed by atoms with Crippen LogP contribution in [0.15, 0.2) is 67.0 Å². The third-order valence-electron chi connectivity index (χ3n) is 5.29. The zero-order chi connectivity index (χ0) is 25.4. The van der Waals surface area contributed by atoms with Gasteiger partial charge in [-0.05, 0) is 48.0 Å². The Kier molecular flexibility index (Phi) is 6.15. The van der Waals surface area contributed by atoms with Gasteiger partial charge in [0.1, 0.15) is 27.9 Å². The molecule has 5 rings (SSSR count). The molecule has 12 heteroatoms. The monoisotopic (exact) mass is 514 g/mol. The van der Waals surface area contributed by atoms with Crippen molar-refractivity contribution < 1.29 is 22.4 Å². The van der Waals surface area contributed by atoms with Crippen LogP contribution < -0.4 is 5.32 Å². The largest absolute Gasteiger partial charge is 0.304 e. The SMILES string of the molecule is O=C(Nc1nn(Cc2cccc(F)c2)cc1Cl)c1cnn2c(C(F)F)cc(-c3ccc(F)cc3)nc12. The highest BCUT2D eigenvalue weighted by molar-refractivity contribution is 6.33. The first-order chi connectivity index (χ1) is 17.3. The Morgan fingerprint density at radius 2 is 1.83 bits per heavy atom. The molecule has 0 aliphatic heterocycles. The van der Waals surface area contributed by atoms with E-state index in [2.05, 4.69) is 20.5 Å². The van der Waals surface area contributed by atoms with E-state index in [1.807, 2.05) is 0 Å². The molecule has 0 spiro atoms. The predicted octanol–water partition coefficient (Wildman–Crippen LogP) is 5.76. The van der Waals surface area contributed by atoms with Crippen LogP contribution >= 0.6 is 11.6 Å². The molecule has 0 fully saturated rings. The van der Waals surface area contributed by atoms with Crippen molar-refractivity contribution in [1.82, 2.24) is 24.4 Å². The number of anilines is 1. The van der Waals surface area contributed by atoms with Gasteiger partial charge < -0.3 is 5.32 Å². The van der Waals surface area contributed by atoms with E-state index in [1.165, 1.54) is 47.3 Å². The van der Waals surface area contributed by atoms with E-state index in [9.17, 15) is 22.4 Å². The molecule has 3 aromatic heterocycles. The van der Waals surface area contributed by atoms with Gasteiger partial charge in [-0.3, -0.25) is 9.48 Å². The molecule has 0 aliphatic carbocycles. The van der Waals surface area contributed by atoms with Crippen molar-refractivity contribution in [3.63, 3.8) is 0 Å². The van der Waals surface area contributed by atoms with Gasteiger partial charge in [-0.25, -0.2) is 27.1 Å². The number of aromatic nitrogens is 5. The second kappa shape index (κ2) is 9.42.